The van der Waals surface area contributed by atoms with Crippen molar-refractivity contribution >= 4 is 33.8 Å². The molecule has 1 amide bonds. The number of benzene rings is 1. The third kappa shape index (κ3) is 6.22. The Morgan fingerprint density at radius 1 is 1.21 bits per heavy atom. The molecule has 1 aliphatic carbocycles. The minimum absolute atomic E-state index is 0.00284. The number of nitrogens with one attached hydrogen (secondary N) is 2. The molecule has 184 valence electrons. The molecule has 2 aromatic rings. The molecular formula is C28H38ClN3OS. The van der Waals surface area contributed by atoms with Crippen LogP contribution in [0.1, 0.15) is 81.4 Å². The summed E-state index contributed by atoms with van der Waals surface area (Å²) in [5.74, 6) is 0.0320. The summed E-state index contributed by atoms with van der Waals surface area (Å²) in [4.78, 5) is 13.9. The van der Waals surface area contributed by atoms with E-state index in [4.69, 9.17) is 11.6 Å². The zero-order valence-corrected chi connectivity index (χ0v) is 22.5. The third-order valence-electron chi connectivity index (χ3n) is 7.73. The number of nitrogens with zero attached hydrogens (tertiary/aromatic N) is 1. The molecule has 34 heavy (non-hydrogen) atoms. The van der Waals surface area contributed by atoms with Crippen molar-refractivity contribution in [3.05, 3.63) is 50.9 Å². The van der Waals surface area contributed by atoms with E-state index in [-0.39, 0.29) is 17.2 Å². The molecular weight excluding hydrogens is 462 g/mol. The van der Waals surface area contributed by atoms with Crippen LogP contribution in [-0.2, 0) is 24.1 Å². The molecule has 0 radical (unpaired) electrons. The van der Waals surface area contributed by atoms with Crippen LogP contribution in [0.15, 0.2) is 24.3 Å². The molecule has 1 aliphatic rings. The predicted molar refractivity (Wildman–Crippen MR) is 144 cm³/mol. The van der Waals surface area contributed by atoms with Crippen molar-refractivity contribution in [2.75, 3.05) is 11.9 Å². The molecule has 3 rings (SSSR count). The minimum Gasteiger partial charge on any atom is -0.316 e. The molecule has 1 aromatic carbocycles. The van der Waals surface area contributed by atoms with Crippen molar-refractivity contribution in [1.82, 2.24) is 5.32 Å². The number of anilines is 1. The van der Waals surface area contributed by atoms with Crippen LogP contribution in [0, 0.1) is 22.7 Å². The quantitative estimate of drug-likeness (QED) is 0.345. The molecule has 0 bridgehead atoms. The molecule has 2 N–H and O–H groups in total. The number of halogens is 1. The number of amides is 1. The normalized spacial score (nSPS) is 15.7. The maximum atomic E-state index is 12.6. The Labute approximate surface area is 214 Å². The van der Waals surface area contributed by atoms with Gasteiger partial charge in [0.05, 0.1) is 5.56 Å². The molecule has 1 atom stereocenters. The van der Waals surface area contributed by atoms with E-state index in [1.165, 1.54) is 10.4 Å². The maximum Gasteiger partial charge on any atom is 0.228 e. The number of hydrogen-bond acceptors (Lipinski definition) is 4. The second-order valence-corrected chi connectivity index (χ2v) is 11.2. The lowest BCUT2D eigenvalue weighted by Crippen LogP contribution is -2.42. The molecule has 0 saturated heterocycles. The van der Waals surface area contributed by atoms with Crippen molar-refractivity contribution in [2.24, 2.45) is 11.3 Å². The van der Waals surface area contributed by atoms with Crippen molar-refractivity contribution < 1.29 is 4.79 Å². The van der Waals surface area contributed by atoms with Gasteiger partial charge in [-0.1, -0.05) is 51.4 Å². The van der Waals surface area contributed by atoms with Gasteiger partial charge in [0, 0.05) is 28.4 Å². The Morgan fingerprint density at radius 2 is 1.88 bits per heavy atom. The molecule has 0 saturated carbocycles. The summed E-state index contributed by atoms with van der Waals surface area (Å²) in [5, 5.41) is 18.3. The zero-order valence-electron chi connectivity index (χ0n) is 21.0. The van der Waals surface area contributed by atoms with Crippen molar-refractivity contribution in [3.8, 4) is 6.07 Å². The molecule has 1 heterocycles. The van der Waals surface area contributed by atoms with Crippen LogP contribution in [0.3, 0.4) is 0 Å². The lowest BCUT2D eigenvalue weighted by Gasteiger charge is -2.35. The second-order valence-electron chi connectivity index (χ2n) is 9.65. The lowest BCUT2D eigenvalue weighted by molar-refractivity contribution is -0.120. The highest BCUT2D eigenvalue weighted by Crippen LogP contribution is 2.39. The first kappa shape index (κ1) is 26.7. The topological polar surface area (TPSA) is 64.9 Å². The minimum atomic E-state index is -0.00284. The van der Waals surface area contributed by atoms with Gasteiger partial charge in [0.25, 0.3) is 0 Å². The van der Waals surface area contributed by atoms with Crippen LogP contribution in [0.4, 0.5) is 5.00 Å². The Hall–Kier alpha value is -1.87. The summed E-state index contributed by atoms with van der Waals surface area (Å²) >= 11 is 7.68. The van der Waals surface area contributed by atoms with Crippen LogP contribution in [0.2, 0.25) is 5.02 Å². The number of nitriles is 1. The van der Waals surface area contributed by atoms with Gasteiger partial charge in [-0.15, -0.1) is 11.3 Å². The highest BCUT2D eigenvalue weighted by Gasteiger charge is 2.31. The Balaban J connectivity index is 1.68. The number of carbonyl (C=O) groups excluding carboxylic acids is 1. The number of fused-ring (bicyclic) bond motifs is 1. The molecule has 0 fully saturated rings. The van der Waals surface area contributed by atoms with Gasteiger partial charge in [0.1, 0.15) is 11.1 Å². The maximum absolute atomic E-state index is 12.6. The number of carbonyl (C=O) groups is 1. The SMILES string of the molecule is CCC(CC)C(=O)Nc1sc2c(c1C#N)CCC(NCC(CC)(CC)Cc1ccc(Cl)cc1)C2. The van der Waals surface area contributed by atoms with Crippen LogP contribution in [-0.4, -0.2) is 18.5 Å². The fourth-order valence-corrected chi connectivity index (χ4v) is 6.46. The van der Waals surface area contributed by atoms with Crippen LogP contribution < -0.4 is 10.6 Å². The van der Waals surface area contributed by atoms with E-state index in [2.05, 4.69) is 42.7 Å². The Kier molecular flexibility index (Phi) is 9.59. The van der Waals surface area contributed by atoms with Crippen LogP contribution in [0.5, 0.6) is 0 Å². The van der Waals surface area contributed by atoms with E-state index in [0.717, 1.165) is 73.5 Å². The molecule has 4 nitrogen and oxygen atoms in total. The fourth-order valence-electron chi connectivity index (χ4n) is 5.05. The van der Waals surface area contributed by atoms with Gasteiger partial charge >= 0.3 is 0 Å². The third-order valence-corrected chi connectivity index (χ3v) is 9.15. The highest BCUT2D eigenvalue weighted by molar-refractivity contribution is 7.16. The number of hydrogen-bond donors (Lipinski definition) is 2. The van der Waals surface area contributed by atoms with Crippen LogP contribution >= 0.6 is 22.9 Å². The molecule has 1 aromatic heterocycles. The van der Waals surface area contributed by atoms with Gasteiger partial charge in [-0.2, -0.15) is 5.26 Å². The van der Waals surface area contributed by atoms with Gasteiger partial charge in [-0.3, -0.25) is 4.79 Å². The summed E-state index contributed by atoms with van der Waals surface area (Å²) in [7, 11) is 0. The standard InChI is InChI=1S/C28H38ClN3OS/c1-5-20(6-2)26(33)32-27-24(17-30)23-14-13-22(15-25(23)34-27)31-18-28(7-3,8-4)16-19-9-11-21(29)12-10-19/h9-12,20,22,31H,5-8,13-16,18H2,1-4H3,(H,32,33). The van der Waals surface area contributed by atoms with E-state index in [1.54, 1.807) is 11.3 Å². The van der Waals surface area contributed by atoms with E-state index in [0.29, 0.717) is 11.6 Å². The first-order chi connectivity index (χ1) is 16.4. The fraction of sp³-hybridized carbons (Fsp3) is 0.571. The van der Waals surface area contributed by atoms with E-state index < -0.39 is 0 Å². The summed E-state index contributed by atoms with van der Waals surface area (Å²) in [5.41, 5.74) is 3.35. The summed E-state index contributed by atoms with van der Waals surface area (Å²) in [6, 6.07) is 11.0. The predicted octanol–water partition coefficient (Wildman–Crippen LogP) is 7.14. The zero-order chi connectivity index (χ0) is 24.7. The largest absolute Gasteiger partial charge is 0.316 e. The summed E-state index contributed by atoms with van der Waals surface area (Å²) in [6.07, 6.45) is 7.70. The molecule has 0 spiro atoms. The molecule has 6 heteroatoms. The van der Waals surface area contributed by atoms with Gasteiger partial charge in [-0.05, 0) is 80.0 Å². The Bertz CT molecular complexity index is 1000. The van der Waals surface area contributed by atoms with Crippen molar-refractivity contribution in [1.29, 1.82) is 5.26 Å². The number of rotatable bonds is 11. The monoisotopic (exact) mass is 499 g/mol. The van der Waals surface area contributed by atoms with Crippen molar-refractivity contribution in [2.45, 2.75) is 85.1 Å². The van der Waals surface area contributed by atoms with E-state index in [1.807, 2.05) is 26.0 Å². The van der Waals surface area contributed by atoms with Gasteiger partial charge in [-0.25, -0.2) is 0 Å². The Morgan fingerprint density at radius 3 is 2.47 bits per heavy atom. The first-order valence-electron chi connectivity index (χ1n) is 12.7. The lowest BCUT2D eigenvalue weighted by atomic mass is 9.76. The summed E-state index contributed by atoms with van der Waals surface area (Å²) < 4.78 is 0. The van der Waals surface area contributed by atoms with Crippen LogP contribution in [0.25, 0.3) is 0 Å². The molecule has 1 unspecified atom stereocenters. The molecule has 0 aliphatic heterocycles. The van der Waals surface area contributed by atoms with Gasteiger partial charge < -0.3 is 10.6 Å². The smallest absolute Gasteiger partial charge is 0.228 e. The van der Waals surface area contributed by atoms with E-state index >= 15 is 0 Å². The van der Waals surface area contributed by atoms with E-state index in [9.17, 15) is 10.1 Å². The van der Waals surface area contributed by atoms with Gasteiger partial charge in [0.2, 0.25) is 5.91 Å². The van der Waals surface area contributed by atoms with Gasteiger partial charge in [0.15, 0.2) is 0 Å². The first-order valence-corrected chi connectivity index (χ1v) is 13.9. The second kappa shape index (κ2) is 12.2. The van der Waals surface area contributed by atoms with Crippen molar-refractivity contribution in [3.63, 3.8) is 0 Å². The average molecular weight is 500 g/mol. The number of thiophene rings is 1. The highest BCUT2D eigenvalue weighted by atomic mass is 35.5. The average Bonchev–Trinajstić information content (AvgIpc) is 3.19. The summed E-state index contributed by atoms with van der Waals surface area (Å²) in [6.45, 7) is 9.61.